The van der Waals surface area contributed by atoms with E-state index in [1.165, 1.54) is 30.3 Å². The fraction of sp³-hybridized carbons (Fsp3) is 0.261. The van der Waals surface area contributed by atoms with Gasteiger partial charge in [-0.15, -0.1) is 0 Å². The molecule has 0 heterocycles. The second-order valence-corrected chi connectivity index (χ2v) is 6.09. The van der Waals surface area contributed by atoms with Crippen LogP contribution in [-0.4, -0.2) is 36.2 Å². The predicted molar refractivity (Wildman–Crippen MR) is 109 cm³/mol. The van der Waals surface area contributed by atoms with E-state index >= 15 is 0 Å². The maximum Gasteiger partial charge on any atom is 0.336 e. The molecule has 0 aliphatic rings. The molecule has 0 bridgehead atoms. The summed E-state index contributed by atoms with van der Waals surface area (Å²) in [5.74, 6) is -2.18. The molecule has 0 fully saturated rings. The Labute approximate surface area is 175 Å². The van der Waals surface area contributed by atoms with E-state index in [2.05, 4.69) is 6.58 Å². The molecule has 0 aromatic heterocycles. The van der Waals surface area contributed by atoms with Crippen LogP contribution in [0, 0.1) is 0 Å². The molecule has 0 saturated carbocycles. The summed E-state index contributed by atoms with van der Waals surface area (Å²) in [7, 11) is 0. The SMILES string of the molecule is C=CC(=O)OCCCCCCOc1ccccc1.O=C([O-])c1ccccc1C(=O)O. The largest absolute Gasteiger partial charge is 0.545 e. The molecule has 0 saturated heterocycles. The molecule has 2 aromatic rings. The first kappa shape index (κ1) is 24.4. The Balaban J connectivity index is 0.000000325. The average Bonchev–Trinajstić information content (AvgIpc) is 2.76. The van der Waals surface area contributed by atoms with Crippen molar-refractivity contribution >= 4 is 17.9 Å². The number of hydrogen-bond acceptors (Lipinski definition) is 6. The van der Waals surface area contributed by atoms with Gasteiger partial charge < -0.3 is 24.5 Å². The number of rotatable bonds is 11. The van der Waals surface area contributed by atoms with Crippen LogP contribution in [0.3, 0.4) is 0 Å². The van der Waals surface area contributed by atoms with E-state index < -0.39 is 11.9 Å². The quantitative estimate of drug-likeness (QED) is 0.342. The average molecular weight is 413 g/mol. The minimum atomic E-state index is -1.48. The number of carboxylic acids is 2. The van der Waals surface area contributed by atoms with Crippen LogP contribution in [-0.2, 0) is 9.53 Å². The Hall–Kier alpha value is -3.61. The standard InChI is InChI=1S/C15H20O3.C8H6O4/c1-2-15(16)18-13-9-4-3-8-12-17-14-10-6-5-7-11-14;9-7(10)5-3-1-2-4-6(5)8(11)12/h2,5-7,10-11H,1,3-4,8-9,12-13H2;1-4H,(H,9,10)(H,11,12)/p-1. The lowest BCUT2D eigenvalue weighted by Gasteiger charge is -2.05. The van der Waals surface area contributed by atoms with Crippen LogP contribution in [0.25, 0.3) is 0 Å². The van der Waals surface area contributed by atoms with Crippen LogP contribution in [0.5, 0.6) is 5.75 Å². The summed E-state index contributed by atoms with van der Waals surface area (Å²) in [5.41, 5.74) is -0.553. The van der Waals surface area contributed by atoms with Gasteiger partial charge in [0, 0.05) is 11.6 Å². The topological polar surface area (TPSA) is 113 Å². The third-order valence-corrected chi connectivity index (χ3v) is 3.84. The van der Waals surface area contributed by atoms with Gasteiger partial charge in [-0.25, -0.2) is 9.59 Å². The van der Waals surface area contributed by atoms with Crippen LogP contribution in [0.4, 0.5) is 0 Å². The predicted octanol–water partition coefficient (Wildman–Crippen LogP) is 3.10. The Morgan fingerprint density at radius 2 is 1.43 bits per heavy atom. The number of benzene rings is 2. The lowest BCUT2D eigenvalue weighted by molar-refractivity contribution is -0.255. The number of ether oxygens (including phenoxy) is 2. The first-order valence-corrected chi connectivity index (χ1v) is 9.46. The third kappa shape index (κ3) is 10.1. The first-order valence-electron chi connectivity index (χ1n) is 9.46. The molecular weight excluding hydrogens is 388 g/mol. The van der Waals surface area contributed by atoms with Crippen LogP contribution >= 0.6 is 0 Å². The van der Waals surface area contributed by atoms with Crippen molar-refractivity contribution < 1.29 is 34.1 Å². The van der Waals surface area contributed by atoms with Gasteiger partial charge in [-0.2, -0.15) is 0 Å². The molecule has 160 valence electrons. The van der Waals surface area contributed by atoms with E-state index in [9.17, 15) is 19.5 Å². The van der Waals surface area contributed by atoms with Gasteiger partial charge >= 0.3 is 11.9 Å². The Kier molecular flexibility index (Phi) is 11.7. The molecule has 7 nitrogen and oxygen atoms in total. The smallest absolute Gasteiger partial charge is 0.336 e. The maximum absolute atomic E-state index is 10.7. The van der Waals surface area contributed by atoms with E-state index in [0.717, 1.165) is 38.0 Å². The van der Waals surface area contributed by atoms with Gasteiger partial charge in [-0.1, -0.05) is 43.0 Å². The molecule has 0 aliphatic heterocycles. The minimum Gasteiger partial charge on any atom is -0.545 e. The zero-order chi connectivity index (χ0) is 22.2. The number of carbonyl (C=O) groups excluding carboxylic acids is 2. The fourth-order valence-electron chi connectivity index (χ4n) is 2.34. The summed E-state index contributed by atoms with van der Waals surface area (Å²) in [4.78, 5) is 31.5. The Morgan fingerprint density at radius 3 is 1.97 bits per heavy atom. The second kappa shape index (κ2) is 14.4. The highest BCUT2D eigenvalue weighted by Crippen LogP contribution is 2.10. The van der Waals surface area contributed by atoms with E-state index in [1.54, 1.807) is 0 Å². The van der Waals surface area contributed by atoms with Crippen molar-refractivity contribution in [3.63, 3.8) is 0 Å². The van der Waals surface area contributed by atoms with Crippen molar-refractivity contribution in [3.05, 3.63) is 78.4 Å². The molecule has 0 amide bonds. The molecule has 0 atom stereocenters. The monoisotopic (exact) mass is 413 g/mol. The van der Waals surface area contributed by atoms with E-state index in [0.29, 0.717) is 6.61 Å². The summed E-state index contributed by atoms with van der Waals surface area (Å²) in [6.07, 6.45) is 5.23. The van der Waals surface area contributed by atoms with Crippen LogP contribution in [0.1, 0.15) is 46.4 Å². The molecule has 0 aliphatic carbocycles. The minimum absolute atomic E-state index is 0.252. The van der Waals surface area contributed by atoms with E-state index in [1.807, 2.05) is 30.3 Å². The summed E-state index contributed by atoms with van der Waals surface area (Å²) in [6, 6.07) is 15.1. The molecular formula is C23H25O7-. The molecule has 2 aromatic carbocycles. The van der Waals surface area contributed by atoms with Crippen LogP contribution in [0.2, 0.25) is 0 Å². The second-order valence-electron chi connectivity index (χ2n) is 6.09. The number of aromatic carboxylic acids is 2. The summed E-state index contributed by atoms with van der Waals surface area (Å²) < 4.78 is 10.4. The molecule has 30 heavy (non-hydrogen) atoms. The molecule has 2 rings (SSSR count). The number of carboxylic acid groups (broad SMARTS) is 2. The van der Waals surface area contributed by atoms with Gasteiger partial charge in [-0.05, 0) is 43.9 Å². The zero-order valence-electron chi connectivity index (χ0n) is 16.6. The van der Waals surface area contributed by atoms with Gasteiger partial charge in [0.15, 0.2) is 0 Å². The van der Waals surface area contributed by atoms with E-state index in [-0.39, 0.29) is 17.1 Å². The van der Waals surface area contributed by atoms with Gasteiger partial charge in [0.2, 0.25) is 0 Å². The summed E-state index contributed by atoms with van der Waals surface area (Å²) in [6.45, 7) is 4.55. The number of unbranched alkanes of at least 4 members (excludes halogenated alkanes) is 3. The number of para-hydroxylation sites is 1. The van der Waals surface area contributed by atoms with Crippen molar-refractivity contribution in [1.29, 1.82) is 0 Å². The summed E-state index contributed by atoms with van der Waals surface area (Å²) >= 11 is 0. The zero-order valence-corrected chi connectivity index (χ0v) is 16.6. The van der Waals surface area contributed by atoms with Gasteiger partial charge in [0.05, 0.1) is 24.7 Å². The third-order valence-electron chi connectivity index (χ3n) is 3.84. The molecule has 0 spiro atoms. The van der Waals surface area contributed by atoms with Crippen LogP contribution < -0.4 is 9.84 Å². The highest BCUT2D eigenvalue weighted by molar-refractivity contribution is 6.00. The Morgan fingerprint density at radius 1 is 0.867 bits per heavy atom. The lowest BCUT2D eigenvalue weighted by atomic mass is 10.1. The highest BCUT2D eigenvalue weighted by Gasteiger charge is 2.08. The van der Waals surface area contributed by atoms with Crippen molar-refractivity contribution in [2.24, 2.45) is 0 Å². The molecule has 0 radical (unpaired) electrons. The normalized spacial score (nSPS) is 9.60. The fourth-order valence-corrected chi connectivity index (χ4v) is 2.34. The first-order chi connectivity index (χ1) is 14.5. The Bertz CT molecular complexity index is 782. The molecule has 0 unspecified atom stereocenters. The van der Waals surface area contributed by atoms with E-state index in [4.69, 9.17) is 14.6 Å². The molecule has 1 N–H and O–H groups in total. The molecule has 7 heteroatoms. The van der Waals surface area contributed by atoms with Gasteiger partial charge in [-0.3, -0.25) is 0 Å². The van der Waals surface area contributed by atoms with Crippen molar-refractivity contribution in [1.82, 2.24) is 0 Å². The number of carbonyl (C=O) groups is 3. The lowest BCUT2D eigenvalue weighted by Crippen LogP contribution is -2.24. The highest BCUT2D eigenvalue weighted by atomic mass is 16.5. The van der Waals surface area contributed by atoms with Crippen molar-refractivity contribution in [2.45, 2.75) is 25.7 Å². The van der Waals surface area contributed by atoms with Crippen molar-refractivity contribution in [3.8, 4) is 5.75 Å². The van der Waals surface area contributed by atoms with Gasteiger partial charge in [0.1, 0.15) is 5.75 Å². The maximum atomic E-state index is 10.7. The van der Waals surface area contributed by atoms with Crippen LogP contribution in [0.15, 0.2) is 67.3 Å². The number of hydrogen-bond donors (Lipinski definition) is 1. The van der Waals surface area contributed by atoms with Gasteiger partial charge in [0.25, 0.3) is 0 Å². The summed E-state index contributed by atoms with van der Waals surface area (Å²) in [5, 5.41) is 18.9. The van der Waals surface area contributed by atoms with Crippen molar-refractivity contribution in [2.75, 3.05) is 13.2 Å². The number of esters is 1.